The number of halogens is 1. The van der Waals surface area contributed by atoms with E-state index >= 15 is 0 Å². The Morgan fingerprint density at radius 3 is 2.41 bits per heavy atom. The smallest absolute Gasteiger partial charge is 0.271 e. The van der Waals surface area contributed by atoms with Crippen molar-refractivity contribution in [3.05, 3.63) is 143 Å². The zero-order valence-corrected chi connectivity index (χ0v) is 26.4. The highest BCUT2D eigenvalue weighted by molar-refractivity contribution is 7.07. The van der Waals surface area contributed by atoms with Crippen LogP contribution >= 0.6 is 22.9 Å². The monoisotopic (exact) mass is 622 g/mol. The summed E-state index contributed by atoms with van der Waals surface area (Å²) >= 11 is 7.44. The van der Waals surface area contributed by atoms with Crippen molar-refractivity contribution in [2.75, 3.05) is 11.9 Å². The molecule has 1 aliphatic heterocycles. The molecule has 0 spiro atoms. The average molecular weight is 623 g/mol. The van der Waals surface area contributed by atoms with Crippen molar-refractivity contribution in [2.24, 2.45) is 4.99 Å². The molecule has 0 saturated carbocycles. The predicted molar refractivity (Wildman–Crippen MR) is 177 cm³/mol. The summed E-state index contributed by atoms with van der Waals surface area (Å²) in [6, 6.07) is 25.9. The van der Waals surface area contributed by atoms with Gasteiger partial charge in [0.15, 0.2) is 4.80 Å². The summed E-state index contributed by atoms with van der Waals surface area (Å²) in [6.45, 7) is 8.35. The number of para-hydroxylation sites is 1. The number of aryl methyl sites for hydroxylation is 1. The molecule has 0 fully saturated rings. The molecule has 0 bridgehead atoms. The number of hydrogen-bond donors (Lipinski definition) is 1. The van der Waals surface area contributed by atoms with Crippen LogP contribution in [0.4, 0.5) is 5.69 Å². The molecular formula is C35H31ClN4O3S. The molecule has 44 heavy (non-hydrogen) atoms. The summed E-state index contributed by atoms with van der Waals surface area (Å²) in [5.41, 5.74) is 6.17. The molecule has 1 N–H and O–H groups in total. The van der Waals surface area contributed by atoms with Crippen LogP contribution in [-0.2, 0) is 4.79 Å². The maximum Gasteiger partial charge on any atom is 0.271 e. The van der Waals surface area contributed by atoms with Crippen LogP contribution in [0.5, 0.6) is 5.75 Å². The topological polar surface area (TPSA) is 77.6 Å². The standard InChI is InChI=1S/C35H31ClN4O3S/c1-5-43-29-17-11-24(12-18-29)32-31(33(41)38-27-9-7-6-8-10-27)22(3)37-35-40(32)34(42)30(44-35)20-25-19-21(2)39(23(25)4)28-15-13-26(36)14-16-28/h6-20,32H,5H2,1-4H3,(H,38,41)/b30-20-/t32-/m1/s1. The SMILES string of the molecule is CCOc1ccc([C@@H]2C(C(=O)Nc3ccccc3)=C(C)N=c3s/c(=C\c4cc(C)n(-c5ccc(Cl)cc5)c4C)c(=O)n32)cc1. The summed E-state index contributed by atoms with van der Waals surface area (Å²) in [6.07, 6.45) is 1.91. The Morgan fingerprint density at radius 2 is 1.73 bits per heavy atom. The third-order valence-corrected chi connectivity index (χ3v) is 8.88. The molecule has 0 unspecified atom stereocenters. The molecular weight excluding hydrogens is 592 g/mol. The van der Waals surface area contributed by atoms with E-state index < -0.39 is 6.04 Å². The van der Waals surface area contributed by atoms with E-state index in [0.29, 0.717) is 37.9 Å². The lowest BCUT2D eigenvalue weighted by molar-refractivity contribution is -0.113. The van der Waals surface area contributed by atoms with Crippen molar-refractivity contribution < 1.29 is 9.53 Å². The number of carbonyl (C=O) groups excluding carboxylic acids is 1. The Kier molecular flexibility index (Phi) is 8.12. The van der Waals surface area contributed by atoms with E-state index in [9.17, 15) is 9.59 Å². The molecule has 0 radical (unpaired) electrons. The van der Waals surface area contributed by atoms with Crippen LogP contribution < -0.4 is 24.9 Å². The van der Waals surface area contributed by atoms with Gasteiger partial charge in [-0.25, -0.2) is 4.99 Å². The van der Waals surface area contributed by atoms with Gasteiger partial charge in [0, 0.05) is 27.8 Å². The predicted octanol–water partition coefficient (Wildman–Crippen LogP) is 6.33. The summed E-state index contributed by atoms with van der Waals surface area (Å²) in [5, 5.41) is 3.67. The van der Waals surface area contributed by atoms with Crippen LogP contribution in [0, 0.1) is 13.8 Å². The summed E-state index contributed by atoms with van der Waals surface area (Å²) in [7, 11) is 0. The molecule has 1 atom stereocenters. The van der Waals surface area contributed by atoms with Gasteiger partial charge in [0.25, 0.3) is 11.5 Å². The number of rotatable bonds is 7. The van der Waals surface area contributed by atoms with Crippen molar-refractivity contribution >= 4 is 40.6 Å². The second-order valence-electron chi connectivity index (χ2n) is 10.5. The van der Waals surface area contributed by atoms with Crippen LogP contribution in [0.25, 0.3) is 11.8 Å². The molecule has 5 aromatic rings. The second kappa shape index (κ2) is 12.1. The first-order chi connectivity index (χ1) is 21.2. The van der Waals surface area contributed by atoms with Crippen LogP contribution in [0.1, 0.15) is 42.4 Å². The van der Waals surface area contributed by atoms with Gasteiger partial charge in [-0.1, -0.05) is 53.3 Å². The molecule has 3 aromatic carbocycles. The van der Waals surface area contributed by atoms with Crippen LogP contribution in [-0.4, -0.2) is 21.6 Å². The Bertz CT molecular complexity index is 2070. The summed E-state index contributed by atoms with van der Waals surface area (Å²) < 4.78 is 9.97. The maximum absolute atomic E-state index is 14.2. The molecule has 1 amide bonds. The molecule has 222 valence electrons. The normalized spacial score (nSPS) is 14.8. The minimum atomic E-state index is -0.672. The average Bonchev–Trinajstić information content (AvgIpc) is 3.47. The third kappa shape index (κ3) is 5.54. The quantitative estimate of drug-likeness (QED) is 0.230. The van der Waals surface area contributed by atoms with Crippen molar-refractivity contribution in [1.29, 1.82) is 0 Å². The van der Waals surface area contributed by atoms with Gasteiger partial charge in [0.1, 0.15) is 5.75 Å². The van der Waals surface area contributed by atoms with Crippen LogP contribution in [0.3, 0.4) is 0 Å². The largest absolute Gasteiger partial charge is 0.494 e. The molecule has 1 aliphatic rings. The second-order valence-corrected chi connectivity index (χ2v) is 12.0. The molecule has 3 heterocycles. The van der Waals surface area contributed by atoms with Gasteiger partial charge in [-0.2, -0.15) is 0 Å². The van der Waals surface area contributed by atoms with Crippen molar-refractivity contribution in [1.82, 2.24) is 9.13 Å². The highest BCUT2D eigenvalue weighted by atomic mass is 35.5. The van der Waals surface area contributed by atoms with E-state index in [0.717, 1.165) is 34.0 Å². The van der Waals surface area contributed by atoms with E-state index in [1.54, 1.807) is 4.57 Å². The fourth-order valence-electron chi connectivity index (χ4n) is 5.62. The number of amides is 1. The number of benzene rings is 3. The molecule has 2 aromatic heterocycles. The number of nitrogens with zero attached hydrogens (tertiary/aromatic N) is 3. The highest BCUT2D eigenvalue weighted by Gasteiger charge is 2.32. The summed E-state index contributed by atoms with van der Waals surface area (Å²) in [4.78, 5) is 33.3. The van der Waals surface area contributed by atoms with E-state index in [1.165, 1.54) is 11.3 Å². The minimum Gasteiger partial charge on any atom is -0.494 e. The van der Waals surface area contributed by atoms with Gasteiger partial charge < -0.3 is 14.6 Å². The number of aromatic nitrogens is 2. The Balaban J connectivity index is 1.48. The first-order valence-corrected chi connectivity index (χ1v) is 15.5. The van der Waals surface area contributed by atoms with Crippen molar-refractivity contribution in [3.8, 4) is 11.4 Å². The molecule has 7 nitrogen and oxygen atoms in total. The summed E-state index contributed by atoms with van der Waals surface area (Å²) in [5.74, 6) is 0.410. The van der Waals surface area contributed by atoms with Crippen LogP contribution in [0.15, 0.2) is 106 Å². The number of allylic oxidation sites excluding steroid dienone is 1. The van der Waals surface area contributed by atoms with Gasteiger partial charge in [0.2, 0.25) is 0 Å². The number of carbonyl (C=O) groups is 1. The number of ether oxygens (including phenoxy) is 1. The minimum absolute atomic E-state index is 0.207. The van der Waals surface area contributed by atoms with Crippen LogP contribution in [0.2, 0.25) is 5.02 Å². The zero-order chi connectivity index (χ0) is 31.0. The Labute approximate surface area is 264 Å². The number of fused-ring (bicyclic) bond motifs is 1. The molecule has 9 heteroatoms. The lowest BCUT2D eigenvalue weighted by Crippen LogP contribution is -2.40. The van der Waals surface area contributed by atoms with Gasteiger partial charge >= 0.3 is 0 Å². The van der Waals surface area contributed by atoms with Gasteiger partial charge in [-0.05, 0) is 99.5 Å². The number of thiazole rings is 1. The Hall–Kier alpha value is -4.66. The van der Waals surface area contributed by atoms with E-state index in [1.807, 2.05) is 113 Å². The lowest BCUT2D eigenvalue weighted by atomic mass is 9.95. The van der Waals surface area contributed by atoms with E-state index in [-0.39, 0.29) is 11.5 Å². The van der Waals surface area contributed by atoms with E-state index in [4.69, 9.17) is 21.3 Å². The first-order valence-electron chi connectivity index (χ1n) is 14.3. The fraction of sp³-hybridized carbons (Fsp3) is 0.171. The van der Waals surface area contributed by atoms with Gasteiger partial charge in [-0.3, -0.25) is 14.2 Å². The molecule has 0 aliphatic carbocycles. The zero-order valence-electron chi connectivity index (χ0n) is 24.8. The Morgan fingerprint density at radius 1 is 1.02 bits per heavy atom. The lowest BCUT2D eigenvalue weighted by Gasteiger charge is -2.25. The highest BCUT2D eigenvalue weighted by Crippen LogP contribution is 2.32. The van der Waals surface area contributed by atoms with Gasteiger partial charge in [-0.15, -0.1) is 0 Å². The van der Waals surface area contributed by atoms with Crippen molar-refractivity contribution in [3.63, 3.8) is 0 Å². The van der Waals surface area contributed by atoms with E-state index in [2.05, 4.69) is 16.0 Å². The molecule has 0 saturated heterocycles. The number of hydrogen-bond acceptors (Lipinski definition) is 5. The maximum atomic E-state index is 14.2. The number of anilines is 1. The molecule has 6 rings (SSSR count). The third-order valence-electron chi connectivity index (χ3n) is 7.65. The van der Waals surface area contributed by atoms with Gasteiger partial charge in [0.05, 0.1) is 28.5 Å². The number of nitrogens with one attached hydrogen (secondary N) is 1. The fourth-order valence-corrected chi connectivity index (χ4v) is 6.79. The van der Waals surface area contributed by atoms with Crippen molar-refractivity contribution in [2.45, 2.75) is 33.7 Å². The first kappa shape index (κ1) is 29.4.